The fourth-order valence-electron chi connectivity index (χ4n) is 2.40. The molecule has 1 N–H and O–H groups in total. The van der Waals surface area contributed by atoms with Crippen molar-refractivity contribution in [3.63, 3.8) is 0 Å². The van der Waals surface area contributed by atoms with Gasteiger partial charge < -0.3 is 19.5 Å². The Labute approximate surface area is 167 Å². The molecule has 0 aliphatic heterocycles. The molecule has 0 atom stereocenters. The Bertz CT molecular complexity index is 820. The molecular weight excluding hydrogens is 387 g/mol. The van der Waals surface area contributed by atoms with Crippen molar-refractivity contribution in [2.75, 3.05) is 20.3 Å². The van der Waals surface area contributed by atoms with E-state index in [4.69, 9.17) is 9.47 Å². The van der Waals surface area contributed by atoms with Crippen LogP contribution in [0.4, 0.5) is 13.2 Å². The molecule has 0 unspecified atom stereocenters. The average Bonchev–Trinajstić information content (AvgIpc) is 2.70. The highest BCUT2D eigenvalue weighted by atomic mass is 19.4. The van der Waals surface area contributed by atoms with E-state index in [-0.39, 0.29) is 19.1 Å². The molecule has 2 aromatic rings. The van der Waals surface area contributed by atoms with Gasteiger partial charge in [-0.05, 0) is 29.3 Å². The quantitative estimate of drug-likeness (QED) is 0.596. The van der Waals surface area contributed by atoms with Crippen molar-refractivity contribution >= 4 is 5.91 Å². The van der Waals surface area contributed by atoms with E-state index in [2.05, 4.69) is 16.6 Å². The van der Waals surface area contributed by atoms with Gasteiger partial charge in [0.15, 0.2) is 11.5 Å². The Kier molecular flexibility index (Phi) is 8.09. The number of hydrogen-bond donors (Lipinski definition) is 1. The van der Waals surface area contributed by atoms with Crippen LogP contribution in [0.1, 0.15) is 21.5 Å². The van der Waals surface area contributed by atoms with Gasteiger partial charge in [0, 0.05) is 12.1 Å². The lowest BCUT2D eigenvalue weighted by Gasteiger charge is -2.11. The lowest BCUT2D eigenvalue weighted by Crippen LogP contribution is -2.22. The summed E-state index contributed by atoms with van der Waals surface area (Å²) in [6, 6.07) is 11.6. The van der Waals surface area contributed by atoms with Crippen LogP contribution in [0.15, 0.2) is 55.1 Å². The summed E-state index contributed by atoms with van der Waals surface area (Å²) in [6.07, 6.45) is -2.74. The van der Waals surface area contributed by atoms with Gasteiger partial charge in [0.05, 0.1) is 13.7 Å². The second kappa shape index (κ2) is 10.5. The number of methoxy groups -OCH3 is 1. The Morgan fingerprint density at radius 1 is 1.10 bits per heavy atom. The third-order valence-corrected chi connectivity index (χ3v) is 3.79. The molecule has 0 aliphatic carbocycles. The largest absolute Gasteiger partial charge is 0.493 e. The van der Waals surface area contributed by atoms with E-state index in [1.807, 2.05) is 0 Å². The first-order chi connectivity index (χ1) is 13.8. The van der Waals surface area contributed by atoms with Crippen LogP contribution in [-0.2, 0) is 17.9 Å². The molecule has 156 valence electrons. The number of carbonyl (C=O) groups is 1. The number of carbonyl (C=O) groups excluding carboxylic acids is 1. The lowest BCUT2D eigenvalue weighted by molar-refractivity contribution is -0.176. The van der Waals surface area contributed by atoms with Crippen molar-refractivity contribution < 1.29 is 32.2 Å². The van der Waals surface area contributed by atoms with Crippen molar-refractivity contribution in [2.45, 2.75) is 19.3 Å². The number of amides is 1. The number of halogens is 3. The fourth-order valence-corrected chi connectivity index (χ4v) is 2.40. The summed E-state index contributed by atoms with van der Waals surface area (Å²) < 4.78 is 51.5. The molecule has 2 rings (SSSR count). The number of nitrogens with one attached hydrogen (secondary N) is 1. The summed E-state index contributed by atoms with van der Waals surface area (Å²) in [5.74, 6) is 0.645. The van der Waals surface area contributed by atoms with Gasteiger partial charge in [0.2, 0.25) is 0 Å². The average molecular weight is 409 g/mol. The molecule has 0 spiro atoms. The minimum Gasteiger partial charge on any atom is -0.493 e. The number of hydrogen-bond acceptors (Lipinski definition) is 4. The number of benzene rings is 2. The van der Waals surface area contributed by atoms with Crippen LogP contribution in [-0.4, -0.2) is 32.4 Å². The van der Waals surface area contributed by atoms with Crippen LogP contribution in [0.3, 0.4) is 0 Å². The number of alkyl halides is 3. The van der Waals surface area contributed by atoms with Gasteiger partial charge in [-0.15, -0.1) is 0 Å². The Hall–Kier alpha value is -3.00. The summed E-state index contributed by atoms with van der Waals surface area (Å²) in [7, 11) is 1.48. The molecule has 2 aromatic carbocycles. The molecule has 0 saturated heterocycles. The molecule has 29 heavy (non-hydrogen) atoms. The van der Waals surface area contributed by atoms with E-state index in [1.54, 1.807) is 48.5 Å². The topological polar surface area (TPSA) is 56.8 Å². The van der Waals surface area contributed by atoms with Crippen molar-refractivity contribution in [1.29, 1.82) is 0 Å². The van der Waals surface area contributed by atoms with E-state index in [1.165, 1.54) is 7.11 Å². The zero-order valence-electron chi connectivity index (χ0n) is 15.9. The van der Waals surface area contributed by atoms with Gasteiger partial charge >= 0.3 is 6.18 Å². The van der Waals surface area contributed by atoms with Crippen LogP contribution >= 0.6 is 0 Å². The predicted molar refractivity (Wildman–Crippen MR) is 102 cm³/mol. The van der Waals surface area contributed by atoms with Gasteiger partial charge in [-0.1, -0.05) is 36.9 Å². The van der Waals surface area contributed by atoms with Crippen LogP contribution in [0.25, 0.3) is 0 Å². The normalized spacial score (nSPS) is 11.0. The van der Waals surface area contributed by atoms with Gasteiger partial charge in [-0.25, -0.2) is 0 Å². The monoisotopic (exact) mass is 409 g/mol. The van der Waals surface area contributed by atoms with Crippen molar-refractivity contribution in [2.24, 2.45) is 0 Å². The molecule has 8 heteroatoms. The SMILES string of the molecule is C=CCOc1ccc(C(=O)NCc2ccc(COCC(F)(F)F)cc2)cc1OC. The standard InChI is InChI=1S/C21H22F3NO4/c1-3-10-29-18-9-8-17(11-19(18)27-2)20(26)25-12-15-4-6-16(7-5-15)13-28-14-21(22,23)24/h3-9,11H,1,10,12-14H2,2H3,(H,25,26). The lowest BCUT2D eigenvalue weighted by atomic mass is 10.1. The van der Waals surface area contributed by atoms with Crippen LogP contribution < -0.4 is 14.8 Å². The van der Waals surface area contributed by atoms with E-state index in [9.17, 15) is 18.0 Å². The molecule has 1 amide bonds. The highest BCUT2D eigenvalue weighted by Gasteiger charge is 2.27. The number of rotatable bonds is 10. The van der Waals surface area contributed by atoms with Crippen LogP contribution in [0, 0.1) is 0 Å². The second-order valence-corrected chi connectivity index (χ2v) is 6.07. The maximum atomic E-state index is 12.4. The number of ether oxygens (including phenoxy) is 3. The molecule has 5 nitrogen and oxygen atoms in total. The van der Waals surface area contributed by atoms with E-state index in [0.717, 1.165) is 5.56 Å². The molecule has 0 heterocycles. The first-order valence-corrected chi connectivity index (χ1v) is 8.74. The third-order valence-electron chi connectivity index (χ3n) is 3.79. The molecule has 0 fully saturated rings. The minimum absolute atomic E-state index is 0.133. The highest BCUT2D eigenvalue weighted by molar-refractivity contribution is 5.94. The molecule has 0 radical (unpaired) electrons. The minimum atomic E-state index is -4.34. The summed E-state index contributed by atoms with van der Waals surface area (Å²) in [5.41, 5.74) is 1.82. The first kappa shape index (κ1) is 22.3. The van der Waals surface area contributed by atoms with Gasteiger partial charge in [-0.3, -0.25) is 4.79 Å². The molecule has 0 saturated carbocycles. The Morgan fingerprint density at radius 3 is 2.41 bits per heavy atom. The summed E-state index contributed by atoms with van der Waals surface area (Å²) in [5, 5.41) is 2.78. The molecule has 0 bridgehead atoms. The van der Waals surface area contributed by atoms with Crippen LogP contribution in [0.2, 0.25) is 0 Å². The molecule has 0 aliphatic rings. The summed E-state index contributed by atoms with van der Waals surface area (Å²) in [4.78, 5) is 12.4. The maximum absolute atomic E-state index is 12.4. The second-order valence-electron chi connectivity index (χ2n) is 6.07. The van der Waals surface area contributed by atoms with Crippen molar-refractivity contribution in [1.82, 2.24) is 5.32 Å². The zero-order chi connectivity index (χ0) is 21.3. The smallest absolute Gasteiger partial charge is 0.411 e. The summed E-state index contributed by atoms with van der Waals surface area (Å²) >= 11 is 0. The zero-order valence-corrected chi connectivity index (χ0v) is 15.9. The predicted octanol–water partition coefficient (Wildman–Crippen LogP) is 4.27. The fraction of sp³-hybridized carbons (Fsp3) is 0.286. The van der Waals surface area contributed by atoms with Gasteiger partial charge in [-0.2, -0.15) is 13.2 Å². The van der Waals surface area contributed by atoms with E-state index in [0.29, 0.717) is 29.2 Å². The first-order valence-electron chi connectivity index (χ1n) is 8.74. The van der Waals surface area contributed by atoms with Gasteiger partial charge in [0.1, 0.15) is 13.2 Å². The highest BCUT2D eigenvalue weighted by Crippen LogP contribution is 2.28. The van der Waals surface area contributed by atoms with Crippen molar-refractivity contribution in [3.05, 3.63) is 71.8 Å². The Morgan fingerprint density at radius 2 is 1.79 bits per heavy atom. The maximum Gasteiger partial charge on any atom is 0.411 e. The molecular formula is C21H22F3NO4. The van der Waals surface area contributed by atoms with Crippen LogP contribution in [0.5, 0.6) is 11.5 Å². The summed E-state index contributed by atoms with van der Waals surface area (Å²) in [6.45, 7) is 2.74. The van der Waals surface area contributed by atoms with Gasteiger partial charge in [0.25, 0.3) is 5.91 Å². The Balaban J connectivity index is 1.89. The van der Waals surface area contributed by atoms with E-state index >= 15 is 0 Å². The van der Waals surface area contributed by atoms with Crippen molar-refractivity contribution in [3.8, 4) is 11.5 Å². The molecule has 0 aromatic heterocycles. The third kappa shape index (κ3) is 7.50. The van der Waals surface area contributed by atoms with E-state index < -0.39 is 12.8 Å².